The summed E-state index contributed by atoms with van der Waals surface area (Å²) in [7, 11) is 0. The van der Waals surface area contributed by atoms with Crippen LogP contribution >= 0.6 is 0 Å². The lowest BCUT2D eigenvalue weighted by molar-refractivity contribution is -0.136. The summed E-state index contributed by atoms with van der Waals surface area (Å²) in [5.41, 5.74) is -0.834. The topological polar surface area (TPSA) is 79.8 Å². The summed E-state index contributed by atoms with van der Waals surface area (Å²) in [5, 5.41) is 14.7. The molecule has 0 saturated carbocycles. The Labute approximate surface area is 152 Å². The Balaban J connectivity index is 1.60. The van der Waals surface area contributed by atoms with Crippen molar-refractivity contribution >= 4 is 11.7 Å². The van der Waals surface area contributed by atoms with Crippen LogP contribution in [-0.2, 0) is 6.18 Å². The highest BCUT2D eigenvalue weighted by atomic mass is 19.4. The van der Waals surface area contributed by atoms with E-state index in [1.54, 1.807) is 18.2 Å². The summed E-state index contributed by atoms with van der Waals surface area (Å²) in [6.07, 6.45) is -5.65. The molecule has 0 saturated heterocycles. The second-order valence-corrected chi connectivity index (χ2v) is 5.80. The van der Waals surface area contributed by atoms with Crippen LogP contribution in [0, 0.1) is 0 Å². The summed E-state index contributed by atoms with van der Waals surface area (Å²) >= 11 is 0. The summed E-state index contributed by atoms with van der Waals surface area (Å²) in [6, 6.07) is 8.65. The molecule has 0 spiro atoms. The first-order chi connectivity index (χ1) is 12.8. The highest BCUT2D eigenvalue weighted by molar-refractivity contribution is 5.90. The minimum absolute atomic E-state index is 0.195. The number of para-hydroxylation sites is 1. The van der Waals surface area contributed by atoms with Crippen LogP contribution in [0.2, 0.25) is 0 Å². The van der Waals surface area contributed by atoms with E-state index in [-0.39, 0.29) is 12.2 Å². The van der Waals surface area contributed by atoms with E-state index in [1.165, 1.54) is 12.1 Å². The van der Waals surface area contributed by atoms with Crippen LogP contribution in [0.25, 0.3) is 0 Å². The minimum Gasteiger partial charge on any atom is -0.486 e. The van der Waals surface area contributed by atoms with Crippen molar-refractivity contribution in [2.75, 3.05) is 25.1 Å². The standard InChI is InChI=1S/C18H17F3N2O4/c19-18(20,21)12-3-1-2-4-13(12)23-17(25)22-10-14(24)11-5-6-15-16(9-11)27-8-7-26-15/h1-6,9,14,24H,7-8,10H2,(H2,22,23,25). The van der Waals surface area contributed by atoms with Crippen molar-refractivity contribution in [3.05, 3.63) is 53.6 Å². The lowest BCUT2D eigenvalue weighted by Gasteiger charge is -2.20. The molecule has 0 aliphatic carbocycles. The van der Waals surface area contributed by atoms with Crippen LogP contribution in [0.5, 0.6) is 11.5 Å². The normalized spacial score (nSPS) is 14.4. The fraction of sp³-hybridized carbons (Fsp3) is 0.278. The fourth-order valence-electron chi connectivity index (χ4n) is 2.58. The Bertz CT molecular complexity index is 826. The van der Waals surface area contributed by atoms with Gasteiger partial charge in [0.25, 0.3) is 0 Å². The molecule has 1 heterocycles. The number of nitrogens with one attached hydrogen (secondary N) is 2. The number of anilines is 1. The molecule has 2 amide bonds. The maximum atomic E-state index is 12.9. The molecule has 1 aliphatic rings. The molecular formula is C18H17F3N2O4. The van der Waals surface area contributed by atoms with Gasteiger partial charge in [0.2, 0.25) is 0 Å². The van der Waals surface area contributed by atoms with Crippen LogP contribution in [0.4, 0.5) is 23.7 Å². The quantitative estimate of drug-likeness (QED) is 0.758. The molecular weight excluding hydrogens is 365 g/mol. The number of ether oxygens (including phenoxy) is 2. The molecule has 2 aromatic carbocycles. The predicted molar refractivity (Wildman–Crippen MR) is 90.9 cm³/mol. The molecule has 1 unspecified atom stereocenters. The summed E-state index contributed by atoms with van der Waals surface area (Å²) in [4.78, 5) is 11.9. The van der Waals surface area contributed by atoms with Crippen molar-refractivity contribution in [1.29, 1.82) is 0 Å². The van der Waals surface area contributed by atoms with Gasteiger partial charge in [-0.3, -0.25) is 0 Å². The second kappa shape index (κ2) is 7.75. The molecule has 0 bridgehead atoms. The van der Waals surface area contributed by atoms with Gasteiger partial charge in [-0.1, -0.05) is 18.2 Å². The molecule has 144 valence electrons. The first-order valence-electron chi connectivity index (χ1n) is 8.13. The lowest BCUT2D eigenvalue weighted by atomic mass is 10.1. The number of fused-ring (bicyclic) bond motifs is 1. The number of carbonyl (C=O) groups is 1. The van der Waals surface area contributed by atoms with Crippen LogP contribution in [0.15, 0.2) is 42.5 Å². The van der Waals surface area contributed by atoms with E-state index in [0.717, 1.165) is 12.1 Å². The number of hydrogen-bond donors (Lipinski definition) is 3. The monoisotopic (exact) mass is 382 g/mol. The van der Waals surface area contributed by atoms with Crippen molar-refractivity contribution < 1.29 is 32.5 Å². The number of hydrogen-bond acceptors (Lipinski definition) is 4. The van der Waals surface area contributed by atoms with E-state index in [2.05, 4.69) is 10.6 Å². The highest BCUT2D eigenvalue weighted by Gasteiger charge is 2.33. The van der Waals surface area contributed by atoms with Crippen molar-refractivity contribution in [3.8, 4) is 11.5 Å². The first kappa shape index (κ1) is 18.8. The van der Waals surface area contributed by atoms with Gasteiger partial charge in [-0.15, -0.1) is 0 Å². The number of rotatable bonds is 4. The maximum Gasteiger partial charge on any atom is 0.418 e. The Hall–Kier alpha value is -2.94. The van der Waals surface area contributed by atoms with Crippen molar-refractivity contribution in [1.82, 2.24) is 5.32 Å². The fourth-order valence-corrected chi connectivity index (χ4v) is 2.58. The Morgan fingerprint density at radius 1 is 1.11 bits per heavy atom. The number of urea groups is 1. The van der Waals surface area contributed by atoms with Gasteiger partial charge in [-0.2, -0.15) is 13.2 Å². The van der Waals surface area contributed by atoms with Crippen LogP contribution in [0.3, 0.4) is 0 Å². The molecule has 9 heteroatoms. The largest absolute Gasteiger partial charge is 0.486 e. The van der Waals surface area contributed by atoms with Gasteiger partial charge in [0.1, 0.15) is 13.2 Å². The van der Waals surface area contributed by atoms with E-state index in [4.69, 9.17) is 9.47 Å². The van der Waals surface area contributed by atoms with E-state index >= 15 is 0 Å². The average molecular weight is 382 g/mol. The predicted octanol–water partition coefficient (Wildman–Crippen LogP) is 3.33. The van der Waals surface area contributed by atoms with Gasteiger partial charge in [0.05, 0.1) is 17.4 Å². The number of aliphatic hydroxyl groups is 1. The third kappa shape index (κ3) is 4.62. The molecule has 3 rings (SSSR count). The molecule has 3 N–H and O–H groups in total. The van der Waals surface area contributed by atoms with E-state index in [9.17, 15) is 23.1 Å². The van der Waals surface area contributed by atoms with Crippen molar-refractivity contribution in [2.45, 2.75) is 12.3 Å². The zero-order valence-corrected chi connectivity index (χ0v) is 14.0. The molecule has 6 nitrogen and oxygen atoms in total. The minimum atomic E-state index is -4.59. The summed E-state index contributed by atoms with van der Waals surface area (Å²) in [5.74, 6) is 1.05. The second-order valence-electron chi connectivity index (χ2n) is 5.80. The van der Waals surface area contributed by atoms with Crippen LogP contribution in [-0.4, -0.2) is 30.9 Å². The van der Waals surface area contributed by atoms with Gasteiger partial charge >= 0.3 is 12.2 Å². The number of halogens is 3. The van der Waals surface area contributed by atoms with Crippen LogP contribution in [0.1, 0.15) is 17.2 Å². The Kier molecular flexibility index (Phi) is 5.41. The Morgan fingerprint density at radius 2 is 1.81 bits per heavy atom. The number of aliphatic hydroxyl groups excluding tert-OH is 1. The molecule has 2 aromatic rings. The number of benzene rings is 2. The number of alkyl halides is 3. The zero-order chi connectivity index (χ0) is 19.4. The Morgan fingerprint density at radius 3 is 2.56 bits per heavy atom. The molecule has 27 heavy (non-hydrogen) atoms. The lowest BCUT2D eigenvalue weighted by Crippen LogP contribution is -2.33. The maximum absolute atomic E-state index is 12.9. The molecule has 0 radical (unpaired) electrons. The third-order valence-electron chi connectivity index (χ3n) is 3.89. The molecule has 0 aromatic heterocycles. The van der Waals surface area contributed by atoms with Crippen molar-refractivity contribution in [3.63, 3.8) is 0 Å². The van der Waals surface area contributed by atoms with Crippen molar-refractivity contribution in [2.24, 2.45) is 0 Å². The molecule has 1 aliphatic heterocycles. The summed E-state index contributed by atoms with van der Waals surface area (Å²) < 4.78 is 49.6. The number of amides is 2. The van der Waals surface area contributed by atoms with E-state index in [0.29, 0.717) is 30.3 Å². The zero-order valence-electron chi connectivity index (χ0n) is 14.0. The van der Waals surface area contributed by atoms with Gasteiger partial charge in [-0.25, -0.2) is 4.79 Å². The van der Waals surface area contributed by atoms with Crippen LogP contribution < -0.4 is 20.1 Å². The van der Waals surface area contributed by atoms with Gasteiger partial charge in [0, 0.05) is 6.54 Å². The SMILES string of the molecule is O=C(NCC(O)c1ccc2c(c1)OCCO2)Nc1ccccc1C(F)(F)F. The van der Waals surface area contributed by atoms with E-state index in [1.807, 2.05) is 0 Å². The first-order valence-corrected chi connectivity index (χ1v) is 8.13. The average Bonchev–Trinajstić information content (AvgIpc) is 2.65. The molecule has 1 atom stereocenters. The smallest absolute Gasteiger partial charge is 0.418 e. The van der Waals surface area contributed by atoms with Gasteiger partial charge < -0.3 is 25.2 Å². The highest BCUT2D eigenvalue weighted by Crippen LogP contribution is 2.35. The number of carbonyl (C=O) groups excluding carboxylic acids is 1. The van der Waals surface area contributed by atoms with Gasteiger partial charge in [-0.05, 0) is 29.8 Å². The van der Waals surface area contributed by atoms with E-state index < -0.39 is 23.9 Å². The third-order valence-corrected chi connectivity index (χ3v) is 3.89. The molecule has 0 fully saturated rings. The van der Waals surface area contributed by atoms with Gasteiger partial charge in [0.15, 0.2) is 11.5 Å². The summed E-state index contributed by atoms with van der Waals surface area (Å²) in [6.45, 7) is 0.640.